The molecule has 2 rings (SSSR count). The summed E-state index contributed by atoms with van der Waals surface area (Å²) in [6.45, 7) is 5.72. The third-order valence-electron chi connectivity index (χ3n) is 2.85. The summed E-state index contributed by atoms with van der Waals surface area (Å²) in [6, 6.07) is 8.15. The number of hydrogen-bond donors (Lipinski definition) is 1. The first-order valence-corrected chi connectivity index (χ1v) is 5.44. The van der Waals surface area contributed by atoms with Gasteiger partial charge >= 0.3 is 0 Å². The van der Waals surface area contributed by atoms with Crippen LogP contribution in [0.15, 0.2) is 29.3 Å². The minimum Gasteiger partial charge on any atom is -0.312 e. The number of benzene rings is 1. The molecule has 0 radical (unpaired) electrons. The zero-order valence-corrected chi connectivity index (χ0v) is 9.87. The normalized spacial score (nSPS) is 18.2. The fraction of sp³-hybridized carbons (Fsp3) is 0.385. The van der Waals surface area contributed by atoms with E-state index in [-0.39, 0.29) is 5.91 Å². The zero-order chi connectivity index (χ0) is 11.8. The van der Waals surface area contributed by atoms with Crippen LogP contribution >= 0.6 is 0 Å². The smallest absolute Gasteiger partial charge is 0.252 e. The van der Waals surface area contributed by atoms with Crippen LogP contribution in [0.1, 0.15) is 25.0 Å². The summed E-state index contributed by atoms with van der Waals surface area (Å²) in [5, 5.41) is 2.83. The van der Waals surface area contributed by atoms with E-state index in [2.05, 4.69) is 29.4 Å². The quantitative estimate of drug-likeness (QED) is 0.805. The Kier molecular flexibility index (Phi) is 2.54. The number of aryl methyl sites for hydroxylation is 1. The van der Waals surface area contributed by atoms with Crippen LogP contribution in [0.2, 0.25) is 0 Å². The van der Waals surface area contributed by atoms with Crippen molar-refractivity contribution in [1.82, 2.24) is 5.32 Å². The van der Waals surface area contributed by atoms with Crippen LogP contribution < -0.4 is 5.32 Å². The molecule has 0 aliphatic carbocycles. The van der Waals surface area contributed by atoms with E-state index in [9.17, 15) is 4.79 Å². The predicted molar refractivity (Wildman–Crippen MR) is 64.5 cm³/mol. The number of amidine groups is 1. The lowest BCUT2D eigenvalue weighted by molar-refractivity contribution is -0.122. The van der Waals surface area contributed by atoms with Crippen LogP contribution in [0.25, 0.3) is 0 Å². The van der Waals surface area contributed by atoms with E-state index < -0.39 is 5.54 Å². The lowest BCUT2D eigenvalue weighted by atomic mass is 10.1. The molecule has 1 aliphatic rings. The molecular formula is C13H16N2O. The second kappa shape index (κ2) is 3.74. The molecule has 0 fully saturated rings. The van der Waals surface area contributed by atoms with Gasteiger partial charge in [-0.25, -0.2) is 0 Å². The Hall–Kier alpha value is -1.64. The average molecular weight is 216 g/mol. The lowest BCUT2D eigenvalue weighted by Gasteiger charge is -2.07. The molecule has 1 N–H and O–H groups in total. The van der Waals surface area contributed by atoms with E-state index in [1.807, 2.05) is 26.0 Å². The molecule has 84 valence electrons. The van der Waals surface area contributed by atoms with Crippen LogP contribution in [0.5, 0.6) is 0 Å². The molecule has 1 amide bonds. The molecule has 0 aromatic heterocycles. The van der Waals surface area contributed by atoms with Gasteiger partial charge in [0.25, 0.3) is 5.91 Å². The van der Waals surface area contributed by atoms with Gasteiger partial charge in [0.1, 0.15) is 11.4 Å². The Morgan fingerprint density at radius 3 is 2.56 bits per heavy atom. The lowest BCUT2D eigenvalue weighted by Crippen LogP contribution is -2.34. The third kappa shape index (κ3) is 1.98. The topological polar surface area (TPSA) is 41.5 Å². The molecule has 0 spiro atoms. The Labute approximate surface area is 95.6 Å². The average Bonchev–Trinajstić information content (AvgIpc) is 2.44. The number of nitrogens with zero attached hydrogens (tertiary/aromatic N) is 1. The van der Waals surface area contributed by atoms with Crippen LogP contribution in [0.4, 0.5) is 0 Å². The van der Waals surface area contributed by atoms with Gasteiger partial charge in [-0.2, -0.15) is 0 Å². The largest absolute Gasteiger partial charge is 0.312 e. The molecule has 0 bridgehead atoms. The summed E-state index contributed by atoms with van der Waals surface area (Å²) >= 11 is 0. The van der Waals surface area contributed by atoms with E-state index >= 15 is 0 Å². The highest BCUT2D eigenvalue weighted by molar-refractivity contribution is 6.08. The number of carbonyl (C=O) groups excluding carboxylic acids is 1. The fourth-order valence-electron chi connectivity index (χ4n) is 1.77. The van der Waals surface area contributed by atoms with Gasteiger partial charge in [0, 0.05) is 6.42 Å². The van der Waals surface area contributed by atoms with Gasteiger partial charge in [0.2, 0.25) is 0 Å². The molecule has 0 unspecified atom stereocenters. The summed E-state index contributed by atoms with van der Waals surface area (Å²) in [6.07, 6.45) is 0.696. The van der Waals surface area contributed by atoms with Crippen molar-refractivity contribution in [2.24, 2.45) is 4.99 Å². The molecule has 1 aliphatic heterocycles. The molecule has 0 saturated carbocycles. The monoisotopic (exact) mass is 216 g/mol. The number of rotatable bonds is 2. The fourth-order valence-corrected chi connectivity index (χ4v) is 1.77. The molecule has 0 saturated heterocycles. The zero-order valence-electron chi connectivity index (χ0n) is 9.87. The summed E-state index contributed by atoms with van der Waals surface area (Å²) < 4.78 is 0. The molecule has 1 heterocycles. The summed E-state index contributed by atoms with van der Waals surface area (Å²) in [4.78, 5) is 15.9. The second-order valence-electron chi connectivity index (χ2n) is 4.67. The van der Waals surface area contributed by atoms with E-state index in [4.69, 9.17) is 0 Å². The first kappa shape index (κ1) is 10.9. The Balaban J connectivity index is 2.19. The van der Waals surface area contributed by atoms with Crippen LogP contribution in [-0.4, -0.2) is 17.3 Å². The van der Waals surface area contributed by atoms with Crippen molar-refractivity contribution in [1.29, 1.82) is 0 Å². The number of nitrogens with one attached hydrogen (secondary N) is 1. The minimum atomic E-state index is -0.613. The van der Waals surface area contributed by atoms with E-state index in [0.717, 1.165) is 5.84 Å². The summed E-state index contributed by atoms with van der Waals surface area (Å²) in [5.74, 6) is 0.750. The van der Waals surface area contributed by atoms with Crippen LogP contribution in [-0.2, 0) is 11.2 Å². The highest BCUT2D eigenvalue weighted by atomic mass is 16.2. The van der Waals surface area contributed by atoms with Crippen molar-refractivity contribution in [3.63, 3.8) is 0 Å². The van der Waals surface area contributed by atoms with Gasteiger partial charge in [0.05, 0.1) is 0 Å². The summed E-state index contributed by atoms with van der Waals surface area (Å²) in [5.41, 5.74) is 1.82. The van der Waals surface area contributed by atoms with Gasteiger partial charge in [-0.3, -0.25) is 9.79 Å². The molecule has 1 aromatic carbocycles. The van der Waals surface area contributed by atoms with Crippen molar-refractivity contribution in [2.45, 2.75) is 32.7 Å². The highest BCUT2D eigenvalue weighted by Crippen LogP contribution is 2.17. The van der Waals surface area contributed by atoms with Crippen LogP contribution in [0.3, 0.4) is 0 Å². The molecule has 0 atom stereocenters. The van der Waals surface area contributed by atoms with Gasteiger partial charge in [-0.1, -0.05) is 24.3 Å². The maximum Gasteiger partial charge on any atom is 0.252 e. The maximum absolute atomic E-state index is 11.6. The molecular weight excluding hydrogens is 200 g/mol. The predicted octanol–water partition coefficient (Wildman–Crippen LogP) is 1.84. The highest BCUT2D eigenvalue weighted by Gasteiger charge is 2.33. The molecule has 16 heavy (non-hydrogen) atoms. The molecule has 1 aromatic rings. The Morgan fingerprint density at radius 1 is 1.31 bits per heavy atom. The van der Waals surface area contributed by atoms with Gasteiger partial charge in [-0.15, -0.1) is 0 Å². The van der Waals surface area contributed by atoms with E-state index in [1.165, 1.54) is 11.1 Å². The van der Waals surface area contributed by atoms with Crippen molar-refractivity contribution in [2.75, 3.05) is 0 Å². The van der Waals surface area contributed by atoms with Gasteiger partial charge in [0.15, 0.2) is 0 Å². The summed E-state index contributed by atoms with van der Waals surface area (Å²) in [7, 11) is 0. The van der Waals surface area contributed by atoms with Crippen molar-refractivity contribution >= 4 is 11.7 Å². The number of hydrogen-bond acceptors (Lipinski definition) is 2. The van der Waals surface area contributed by atoms with E-state index in [0.29, 0.717) is 6.42 Å². The van der Waals surface area contributed by atoms with E-state index in [1.54, 1.807) is 0 Å². The van der Waals surface area contributed by atoms with Crippen molar-refractivity contribution in [3.05, 3.63) is 35.4 Å². The van der Waals surface area contributed by atoms with Crippen LogP contribution in [0, 0.1) is 6.92 Å². The van der Waals surface area contributed by atoms with Crippen molar-refractivity contribution in [3.8, 4) is 0 Å². The van der Waals surface area contributed by atoms with Gasteiger partial charge in [-0.05, 0) is 31.9 Å². The minimum absolute atomic E-state index is 0.0175. The van der Waals surface area contributed by atoms with Crippen molar-refractivity contribution < 1.29 is 4.79 Å². The molecule has 3 nitrogen and oxygen atoms in total. The second-order valence-corrected chi connectivity index (χ2v) is 4.67. The Morgan fingerprint density at radius 2 is 2.00 bits per heavy atom. The van der Waals surface area contributed by atoms with Gasteiger partial charge < -0.3 is 5.32 Å². The number of aliphatic imine (C=N–C) groups is 1. The SMILES string of the molecule is Cc1ccccc1CC1=NC(C)(C)C(=O)N1. The number of carbonyl (C=O) groups is 1. The standard InChI is InChI=1S/C13H16N2O/c1-9-6-4-5-7-10(9)8-11-14-12(16)13(2,3)15-11/h4-7H,8H2,1-3H3,(H,14,15,16). The first-order chi connectivity index (χ1) is 7.49. The first-order valence-electron chi connectivity index (χ1n) is 5.44. The maximum atomic E-state index is 11.6. The molecule has 3 heteroatoms. The Bertz CT molecular complexity index is 461. The number of amides is 1. The third-order valence-corrected chi connectivity index (χ3v) is 2.85.